The van der Waals surface area contributed by atoms with E-state index in [0.717, 1.165) is 32.6 Å². The quantitative estimate of drug-likeness (QED) is 0.327. The highest BCUT2D eigenvalue weighted by Crippen LogP contribution is 2.39. The second kappa shape index (κ2) is 6.71. The summed E-state index contributed by atoms with van der Waals surface area (Å²) in [6.45, 7) is 0. The highest BCUT2D eigenvalue weighted by Gasteiger charge is 2.18. The summed E-state index contributed by atoms with van der Waals surface area (Å²) in [6.07, 6.45) is 1.18. The van der Waals surface area contributed by atoms with Gasteiger partial charge in [0.25, 0.3) is 0 Å². The molecule has 0 aliphatic heterocycles. The van der Waals surface area contributed by atoms with Gasteiger partial charge >= 0.3 is 5.63 Å². The molecule has 2 aromatic carbocycles. The Labute approximate surface area is 173 Å². The second-order valence-corrected chi connectivity index (χ2v) is 8.04. The van der Waals surface area contributed by atoms with Crippen molar-refractivity contribution in [2.24, 2.45) is 0 Å². The first-order valence-corrected chi connectivity index (χ1v) is 9.90. The van der Waals surface area contributed by atoms with Crippen LogP contribution >= 0.6 is 34.5 Å². The average molecular weight is 425 g/mol. The van der Waals surface area contributed by atoms with Gasteiger partial charge in [0.05, 0.1) is 5.69 Å². The molecule has 0 aliphatic rings. The summed E-state index contributed by atoms with van der Waals surface area (Å²) in [6, 6.07) is 17.0. The van der Waals surface area contributed by atoms with E-state index >= 15 is 0 Å². The van der Waals surface area contributed by atoms with Crippen LogP contribution in [0.3, 0.4) is 0 Å². The fourth-order valence-corrected chi connectivity index (χ4v) is 4.43. The molecule has 136 valence electrons. The molecule has 0 amide bonds. The Morgan fingerprint density at radius 1 is 0.893 bits per heavy atom. The third-order valence-corrected chi connectivity index (χ3v) is 6.02. The van der Waals surface area contributed by atoms with Crippen LogP contribution in [0.15, 0.2) is 70.2 Å². The molecule has 5 rings (SSSR count). The minimum atomic E-state index is -0.414. The molecule has 0 bridgehead atoms. The van der Waals surface area contributed by atoms with Gasteiger partial charge in [0.15, 0.2) is 6.39 Å². The van der Waals surface area contributed by atoms with Crippen molar-refractivity contribution in [1.29, 1.82) is 0 Å². The van der Waals surface area contributed by atoms with E-state index < -0.39 is 5.63 Å². The van der Waals surface area contributed by atoms with Gasteiger partial charge in [-0.1, -0.05) is 47.5 Å². The highest BCUT2D eigenvalue weighted by atomic mass is 35.5. The second-order valence-electron chi connectivity index (χ2n) is 6.17. The Hall–Kier alpha value is -2.73. The maximum atomic E-state index is 12.2. The lowest BCUT2D eigenvalue weighted by Gasteiger charge is -2.08. The zero-order chi connectivity index (χ0) is 19.3. The van der Waals surface area contributed by atoms with Gasteiger partial charge in [0.2, 0.25) is 0 Å². The van der Waals surface area contributed by atoms with Crippen molar-refractivity contribution in [3.05, 3.63) is 81.5 Å². The third-order valence-electron chi connectivity index (χ3n) is 4.46. The van der Waals surface area contributed by atoms with E-state index in [1.165, 1.54) is 17.7 Å². The standard InChI is InChI=1S/C21H10Cl2N2O2S/c22-13-5-1-11(2-6-13)15-9-16(12-3-7-14(23)8-4-12)25-20-17(15)18-19(28-20)21(26)27-10-24-18/h1-10H. The summed E-state index contributed by atoms with van der Waals surface area (Å²) >= 11 is 13.4. The monoisotopic (exact) mass is 424 g/mol. The number of thiophene rings is 1. The van der Waals surface area contributed by atoms with Gasteiger partial charge < -0.3 is 4.42 Å². The average Bonchev–Trinajstić information content (AvgIpc) is 3.09. The van der Waals surface area contributed by atoms with Gasteiger partial charge in [-0.05, 0) is 41.5 Å². The zero-order valence-electron chi connectivity index (χ0n) is 14.1. The maximum Gasteiger partial charge on any atom is 0.356 e. The Morgan fingerprint density at radius 3 is 2.21 bits per heavy atom. The number of rotatable bonds is 2. The van der Waals surface area contributed by atoms with Crippen LogP contribution in [0.25, 0.3) is 42.8 Å². The molecule has 4 nitrogen and oxygen atoms in total. The van der Waals surface area contributed by atoms with E-state index in [1.807, 2.05) is 54.6 Å². The van der Waals surface area contributed by atoms with Crippen LogP contribution in [0.4, 0.5) is 0 Å². The first-order chi connectivity index (χ1) is 13.6. The molecule has 28 heavy (non-hydrogen) atoms. The molecule has 3 aromatic heterocycles. The summed E-state index contributed by atoms with van der Waals surface area (Å²) in [5, 5.41) is 2.14. The summed E-state index contributed by atoms with van der Waals surface area (Å²) in [5.41, 5.74) is 3.78. The number of hydrogen-bond donors (Lipinski definition) is 0. The molecular formula is C21H10Cl2N2O2S. The van der Waals surface area contributed by atoms with Crippen molar-refractivity contribution in [2.75, 3.05) is 0 Å². The lowest BCUT2D eigenvalue weighted by atomic mass is 10.00. The minimum absolute atomic E-state index is 0.414. The molecule has 5 aromatic rings. The van der Waals surface area contributed by atoms with Gasteiger partial charge in [0, 0.05) is 21.0 Å². The van der Waals surface area contributed by atoms with Gasteiger partial charge in [-0.3, -0.25) is 0 Å². The van der Waals surface area contributed by atoms with Crippen molar-refractivity contribution in [3.63, 3.8) is 0 Å². The van der Waals surface area contributed by atoms with Crippen LogP contribution in [0.1, 0.15) is 0 Å². The van der Waals surface area contributed by atoms with Gasteiger partial charge in [-0.25, -0.2) is 14.8 Å². The van der Waals surface area contributed by atoms with Crippen LogP contribution < -0.4 is 5.63 Å². The molecule has 0 spiro atoms. The van der Waals surface area contributed by atoms with E-state index in [9.17, 15) is 4.79 Å². The topological polar surface area (TPSA) is 56.0 Å². The Kier molecular flexibility index (Phi) is 4.16. The van der Waals surface area contributed by atoms with E-state index in [2.05, 4.69) is 4.98 Å². The fraction of sp³-hybridized carbons (Fsp3) is 0. The van der Waals surface area contributed by atoms with Crippen molar-refractivity contribution in [3.8, 4) is 22.4 Å². The number of nitrogens with zero attached hydrogens (tertiary/aromatic N) is 2. The molecular weight excluding hydrogens is 415 g/mol. The third kappa shape index (κ3) is 2.88. The first-order valence-electron chi connectivity index (χ1n) is 8.33. The Bertz CT molecular complexity index is 1390. The lowest BCUT2D eigenvalue weighted by Crippen LogP contribution is -1.96. The summed E-state index contributed by atoms with van der Waals surface area (Å²) in [4.78, 5) is 22.0. The number of halogens is 2. The van der Waals surface area contributed by atoms with Crippen LogP contribution in [0.5, 0.6) is 0 Å². The van der Waals surface area contributed by atoms with Crippen molar-refractivity contribution < 1.29 is 4.42 Å². The van der Waals surface area contributed by atoms with Gasteiger partial charge in [-0.2, -0.15) is 0 Å². The molecule has 0 N–H and O–H groups in total. The molecule has 0 saturated heterocycles. The lowest BCUT2D eigenvalue weighted by molar-refractivity contribution is 0.502. The Balaban J connectivity index is 1.88. The summed E-state index contributed by atoms with van der Waals surface area (Å²) < 4.78 is 5.40. The van der Waals surface area contributed by atoms with Crippen LogP contribution in [0, 0.1) is 0 Å². The van der Waals surface area contributed by atoms with E-state index in [0.29, 0.717) is 20.3 Å². The van der Waals surface area contributed by atoms with Gasteiger partial charge in [0.1, 0.15) is 15.0 Å². The highest BCUT2D eigenvalue weighted by molar-refractivity contribution is 7.25. The number of aromatic nitrogens is 2. The first kappa shape index (κ1) is 17.4. The summed E-state index contributed by atoms with van der Waals surface area (Å²) in [5.74, 6) is 0. The number of benzene rings is 2. The number of hydrogen-bond acceptors (Lipinski definition) is 5. The molecule has 0 saturated carbocycles. The van der Waals surface area contributed by atoms with Crippen molar-refractivity contribution >= 4 is 55.0 Å². The largest absolute Gasteiger partial charge is 0.410 e. The predicted molar refractivity (Wildman–Crippen MR) is 114 cm³/mol. The number of fused-ring (bicyclic) bond motifs is 3. The molecule has 0 aliphatic carbocycles. The van der Waals surface area contributed by atoms with Gasteiger partial charge in [-0.15, -0.1) is 11.3 Å². The van der Waals surface area contributed by atoms with Crippen LogP contribution in [-0.4, -0.2) is 9.97 Å². The Morgan fingerprint density at radius 2 is 1.54 bits per heavy atom. The smallest absolute Gasteiger partial charge is 0.356 e. The van der Waals surface area contributed by atoms with E-state index in [4.69, 9.17) is 32.6 Å². The fourth-order valence-electron chi connectivity index (χ4n) is 3.15. The molecule has 0 radical (unpaired) electrons. The predicted octanol–water partition coefficient (Wildman–Crippen LogP) is 6.44. The van der Waals surface area contributed by atoms with E-state index in [1.54, 1.807) is 0 Å². The maximum absolute atomic E-state index is 12.2. The molecule has 7 heteroatoms. The van der Waals surface area contributed by atoms with Crippen molar-refractivity contribution in [1.82, 2.24) is 9.97 Å². The molecule has 0 fully saturated rings. The number of pyridine rings is 1. The minimum Gasteiger partial charge on any atom is -0.410 e. The SMILES string of the molecule is O=c1ocnc2c1sc1nc(-c3ccc(Cl)cc3)cc(-c3ccc(Cl)cc3)c12. The normalized spacial score (nSPS) is 11.4. The van der Waals surface area contributed by atoms with Crippen molar-refractivity contribution in [2.45, 2.75) is 0 Å². The summed E-state index contributed by atoms with van der Waals surface area (Å²) in [7, 11) is 0. The van der Waals surface area contributed by atoms with Crippen LogP contribution in [-0.2, 0) is 0 Å². The van der Waals surface area contributed by atoms with Crippen LogP contribution in [0.2, 0.25) is 10.0 Å². The molecule has 3 heterocycles. The zero-order valence-corrected chi connectivity index (χ0v) is 16.5. The molecule has 0 unspecified atom stereocenters. The molecule has 0 atom stereocenters. The van der Waals surface area contributed by atoms with E-state index in [-0.39, 0.29) is 0 Å².